The molecule has 4 heteroatoms. The van der Waals surface area contributed by atoms with Crippen molar-refractivity contribution < 1.29 is 13.9 Å². The highest BCUT2D eigenvalue weighted by atomic mass is 16.6. The van der Waals surface area contributed by atoms with E-state index in [0.717, 1.165) is 11.3 Å². The van der Waals surface area contributed by atoms with E-state index in [4.69, 9.17) is 14.9 Å². The fourth-order valence-corrected chi connectivity index (χ4v) is 1.46. The van der Waals surface area contributed by atoms with Crippen LogP contribution in [0.25, 0.3) is 0 Å². The zero-order valence-electron chi connectivity index (χ0n) is 9.47. The molecule has 1 aromatic carbocycles. The molecule has 0 fully saturated rings. The van der Waals surface area contributed by atoms with Crippen LogP contribution in [0, 0.1) is 6.92 Å². The van der Waals surface area contributed by atoms with Gasteiger partial charge in [0.05, 0.1) is 6.42 Å². The number of carbonyl (C=O) groups excluding carboxylic acids is 1. The van der Waals surface area contributed by atoms with Gasteiger partial charge in [0.2, 0.25) is 5.91 Å². The van der Waals surface area contributed by atoms with Crippen molar-refractivity contribution >= 4 is 5.91 Å². The molecule has 2 aromatic rings. The van der Waals surface area contributed by atoms with Crippen LogP contribution in [0.1, 0.15) is 11.3 Å². The molecule has 2 N–H and O–H groups in total. The van der Waals surface area contributed by atoms with E-state index in [0.29, 0.717) is 11.7 Å². The number of rotatable bonds is 4. The van der Waals surface area contributed by atoms with Crippen LogP contribution in [0.5, 0.6) is 11.7 Å². The Morgan fingerprint density at radius 2 is 1.94 bits per heavy atom. The summed E-state index contributed by atoms with van der Waals surface area (Å²) in [6.07, 6.45) is 0.236. The number of carbonyl (C=O) groups is 1. The first-order valence-electron chi connectivity index (χ1n) is 5.25. The first kappa shape index (κ1) is 11.3. The molecule has 0 aliphatic carbocycles. The van der Waals surface area contributed by atoms with Gasteiger partial charge in [-0.2, -0.15) is 0 Å². The van der Waals surface area contributed by atoms with E-state index in [-0.39, 0.29) is 12.3 Å². The molecule has 0 radical (unpaired) electrons. The third kappa shape index (κ3) is 3.11. The van der Waals surface area contributed by atoms with Gasteiger partial charge in [0.15, 0.2) is 0 Å². The van der Waals surface area contributed by atoms with Gasteiger partial charge < -0.3 is 14.9 Å². The van der Waals surface area contributed by atoms with Crippen molar-refractivity contribution in [3.8, 4) is 11.7 Å². The Morgan fingerprint density at radius 3 is 2.47 bits per heavy atom. The first-order valence-corrected chi connectivity index (χ1v) is 5.25. The number of aryl methyl sites for hydroxylation is 1. The molecule has 0 saturated heterocycles. The lowest BCUT2D eigenvalue weighted by Crippen LogP contribution is -2.13. The fourth-order valence-electron chi connectivity index (χ4n) is 1.46. The normalized spacial score (nSPS) is 10.2. The van der Waals surface area contributed by atoms with Gasteiger partial charge in [-0.25, -0.2) is 0 Å². The number of furan rings is 1. The Balaban J connectivity index is 2.05. The van der Waals surface area contributed by atoms with Crippen LogP contribution in [-0.4, -0.2) is 5.91 Å². The number of hydrogen-bond donors (Lipinski definition) is 1. The molecule has 0 unspecified atom stereocenters. The minimum absolute atomic E-state index is 0.236. The van der Waals surface area contributed by atoms with Crippen molar-refractivity contribution in [1.82, 2.24) is 0 Å². The third-order valence-electron chi connectivity index (χ3n) is 2.24. The summed E-state index contributed by atoms with van der Waals surface area (Å²) in [4.78, 5) is 10.7. The molecule has 0 bridgehead atoms. The van der Waals surface area contributed by atoms with Crippen molar-refractivity contribution in [2.24, 2.45) is 5.73 Å². The van der Waals surface area contributed by atoms with Gasteiger partial charge in [-0.05, 0) is 30.7 Å². The van der Waals surface area contributed by atoms with Gasteiger partial charge in [-0.3, -0.25) is 4.79 Å². The summed E-state index contributed by atoms with van der Waals surface area (Å²) in [7, 11) is 0. The number of primary amides is 1. The molecule has 0 spiro atoms. The maximum absolute atomic E-state index is 10.7. The predicted octanol–water partition coefficient (Wildman–Crippen LogP) is 2.41. The predicted molar refractivity (Wildman–Crippen MR) is 62.9 cm³/mol. The van der Waals surface area contributed by atoms with Crippen LogP contribution < -0.4 is 10.5 Å². The highest BCUT2D eigenvalue weighted by Gasteiger charge is 2.02. The Labute approximate surface area is 99.0 Å². The topological polar surface area (TPSA) is 65.5 Å². The summed E-state index contributed by atoms with van der Waals surface area (Å²) >= 11 is 0. The summed E-state index contributed by atoms with van der Waals surface area (Å²) in [5.74, 6) is 1.56. The van der Waals surface area contributed by atoms with Gasteiger partial charge in [-0.15, -0.1) is 0 Å². The molecule has 1 heterocycles. The second-order valence-corrected chi connectivity index (χ2v) is 3.75. The van der Waals surface area contributed by atoms with Gasteiger partial charge in [0.25, 0.3) is 5.95 Å². The molecule has 0 saturated carbocycles. The van der Waals surface area contributed by atoms with Gasteiger partial charge in [0, 0.05) is 6.07 Å². The number of hydrogen-bond acceptors (Lipinski definition) is 3. The van der Waals surface area contributed by atoms with Crippen molar-refractivity contribution in [2.75, 3.05) is 0 Å². The van der Waals surface area contributed by atoms with Crippen LogP contribution in [-0.2, 0) is 11.2 Å². The standard InChI is InChI=1S/C13H13NO3/c1-9-2-7-13(16-9)17-11-5-3-10(4-6-11)8-12(14)15/h2-7H,8H2,1H3,(H2,14,15). The highest BCUT2D eigenvalue weighted by molar-refractivity contribution is 5.76. The van der Waals surface area contributed by atoms with E-state index < -0.39 is 0 Å². The number of benzene rings is 1. The van der Waals surface area contributed by atoms with E-state index in [9.17, 15) is 4.79 Å². The van der Waals surface area contributed by atoms with E-state index in [2.05, 4.69) is 0 Å². The van der Waals surface area contributed by atoms with Gasteiger partial charge in [0.1, 0.15) is 11.5 Å². The lowest BCUT2D eigenvalue weighted by atomic mass is 10.1. The van der Waals surface area contributed by atoms with E-state index in [1.807, 2.05) is 13.0 Å². The molecule has 1 aromatic heterocycles. The molecule has 2 rings (SSSR count). The molecule has 1 amide bonds. The van der Waals surface area contributed by atoms with Crippen molar-refractivity contribution in [3.05, 3.63) is 47.7 Å². The molecule has 0 aliphatic rings. The summed E-state index contributed by atoms with van der Waals surface area (Å²) in [5, 5.41) is 0. The lowest BCUT2D eigenvalue weighted by Gasteiger charge is -2.03. The maximum Gasteiger partial charge on any atom is 0.290 e. The van der Waals surface area contributed by atoms with Crippen molar-refractivity contribution in [2.45, 2.75) is 13.3 Å². The molecule has 4 nitrogen and oxygen atoms in total. The van der Waals surface area contributed by atoms with E-state index in [1.165, 1.54) is 0 Å². The van der Waals surface area contributed by atoms with Crippen LogP contribution in [0.4, 0.5) is 0 Å². The zero-order chi connectivity index (χ0) is 12.3. The third-order valence-corrected chi connectivity index (χ3v) is 2.24. The minimum Gasteiger partial charge on any atom is -0.431 e. The largest absolute Gasteiger partial charge is 0.431 e. The smallest absolute Gasteiger partial charge is 0.290 e. The number of nitrogens with two attached hydrogens (primary N) is 1. The average molecular weight is 231 g/mol. The zero-order valence-corrected chi connectivity index (χ0v) is 9.47. The van der Waals surface area contributed by atoms with Gasteiger partial charge >= 0.3 is 0 Å². The van der Waals surface area contributed by atoms with Crippen molar-refractivity contribution in [3.63, 3.8) is 0 Å². The number of ether oxygens (including phenoxy) is 1. The van der Waals surface area contributed by atoms with Crippen LogP contribution >= 0.6 is 0 Å². The molecular weight excluding hydrogens is 218 g/mol. The van der Waals surface area contributed by atoms with E-state index in [1.54, 1.807) is 30.3 Å². The molecule has 0 atom stereocenters. The Morgan fingerprint density at radius 1 is 1.24 bits per heavy atom. The second-order valence-electron chi connectivity index (χ2n) is 3.75. The Kier molecular flexibility index (Phi) is 3.14. The Hall–Kier alpha value is -2.23. The van der Waals surface area contributed by atoms with Crippen LogP contribution in [0.15, 0.2) is 40.8 Å². The molecular formula is C13H13NO3. The quantitative estimate of drug-likeness (QED) is 0.878. The molecule has 17 heavy (non-hydrogen) atoms. The second kappa shape index (κ2) is 4.74. The van der Waals surface area contributed by atoms with Gasteiger partial charge in [-0.1, -0.05) is 12.1 Å². The number of amides is 1. The summed E-state index contributed by atoms with van der Waals surface area (Å²) in [5.41, 5.74) is 5.97. The van der Waals surface area contributed by atoms with E-state index >= 15 is 0 Å². The van der Waals surface area contributed by atoms with Crippen LogP contribution in [0.3, 0.4) is 0 Å². The summed E-state index contributed by atoms with van der Waals surface area (Å²) in [6.45, 7) is 1.85. The summed E-state index contributed by atoms with van der Waals surface area (Å²) < 4.78 is 10.8. The SMILES string of the molecule is Cc1ccc(Oc2ccc(CC(N)=O)cc2)o1. The Bertz CT molecular complexity index is 514. The first-order chi connectivity index (χ1) is 8.13. The van der Waals surface area contributed by atoms with Crippen molar-refractivity contribution in [1.29, 1.82) is 0 Å². The molecule has 88 valence electrons. The molecule has 0 aliphatic heterocycles. The highest BCUT2D eigenvalue weighted by Crippen LogP contribution is 2.23. The summed E-state index contributed by atoms with van der Waals surface area (Å²) in [6, 6.07) is 10.7. The minimum atomic E-state index is -0.347. The lowest BCUT2D eigenvalue weighted by molar-refractivity contribution is -0.117. The fraction of sp³-hybridized carbons (Fsp3) is 0.154. The average Bonchev–Trinajstić information content (AvgIpc) is 2.66. The maximum atomic E-state index is 10.7. The monoisotopic (exact) mass is 231 g/mol. The van der Waals surface area contributed by atoms with Crippen LogP contribution in [0.2, 0.25) is 0 Å².